The van der Waals surface area contributed by atoms with Gasteiger partial charge in [-0.3, -0.25) is 9.59 Å². The monoisotopic (exact) mass is 456 g/mol. The first-order valence-electron chi connectivity index (χ1n) is 8.58. The van der Waals surface area contributed by atoms with Crippen molar-refractivity contribution in [3.8, 4) is 0 Å². The van der Waals surface area contributed by atoms with Gasteiger partial charge in [0.05, 0.1) is 39.7 Å². The maximum atomic E-state index is 13.7. The number of carboxylic acid groups (broad SMARTS) is 1. The number of nitrogens with zero attached hydrogens (tertiary/aromatic N) is 2. The van der Waals surface area contributed by atoms with E-state index in [1.807, 2.05) is 0 Å². The number of aliphatic carboxylic acids is 1. The van der Waals surface area contributed by atoms with E-state index in [1.165, 1.54) is 4.90 Å². The molecular formula is C19H12F4N2O3S2. The van der Waals surface area contributed by atoms with Gasteiger partial charge in [-0.1, -0.05) is 12.1 Å². The Balaban J connectivity index is 1.75. The molecule has 30 heavy (non-hydrogen) atoms. The maximum absolute atomic E-state index is 13.7. The Morgan fingerprint density at radius 2 is 1.97 bits per heavy atom. The largest absolute Gasteiger partial charge is 0.481 e. The summed E-state index contributed by atoms with van der Waals surface area (Å²) in [6.45, 7) is -0.148. The highest BCUT2D eigenvalue weighted by Gasteiger charge is 2.37. The van der Waals surface area contributed by atoms with Crippen LogP contribution in [0.3, 0.4) is 0 Å². The number of para-hydroxylation sites is 1. The maximum Gasteiger partial charge on any atom is 0.417 e. The molecule has 2 heterocycles. The summed E-state index contributed by atoms with van der Waals surface area (Å²) in [5.74, 6) is -2.66. The lowest BCUT2D eigenvalue weighted by Gasteiger charge is -2.32. The second-order valence-corrected chi connectivity index (χ2v) is 8.83. The Morgan fingerprint density at radius 3 is 2.67 bits per heavy atom. The normalized spacial score (nSPS) is 16.7. The number of anilines is 1. The number of amides is 1. The summed E-state index contributed by atoms with van der Waals surface area (Å²) in [6, 6.07) is 8.19. The van der Waals surface area contributed by atoms with Crippen LogP contribution in [0.5, 0.6) is 0 Å². The standard InChI is InChI=1S/C19H12F4N2O3S2/c20-9-5-10(19(21,22)23)17-11(6-9)24-15(30-17)8-25-12-3-1-2-4-13(12)29-14(18(25)28)7-16(26)27/h1-6,14H,7-8H2,(H,26,27). The fraction of sp³-hybridized carbons (Fsp3) is 0.211. The van der Waals surface area contributed by atoms with E-state index in [1.54, 1.807) is 24.3 Å². The summed E-state index contributed by atoms with van der Waals surface area (Å²) < 4.78 is 53.3. The number of aromatic nitrogens is 1. The van der Waals surface area contributed by atoms with Crippen molar-refractivity contribution in [3.05, 3.63) is 52.8 Å². The van der Waals surface area contributed by atoms with E-state index in [0.29, 0.717) is 16.6 Å². The molecule has 0 fully saturated rings. The highest BCUT2D eigenvalue weighted by molar-refractivity contribution is 8.01. The van der Waals surface area contributed by atoms with E-state index < -0.39 is 41.1 Å². The molecule has 0 radical (unpaired) electrons. The number of benzene rings is 2. The first kappa shape index (κ1) is 20.6. The van der Waals surface area contributed by atoms with Crippen molar-refractivity contribution in [2.75, 3.05) is 4.90 Å². The summed E-state index contributed by atoms with van der Waals surface area (Å²) >= 11 is 1.86. The Morgan fingerprint density at radius 1 is 1.23 bits per heavy atom. The molecule has 0 saturated carbocycles. The Hall–Kier alpha value is -2.66. The molecule has 1 aliphatic heterocycles. The highest BCUT2D eigenvalue weighted by atomic mass is 32.2. The number of hydrogen-bond donors (Lipinski definition) is 1. The van der Waals surface area contributed by atoms with Crippen molar-refractivity contribution in [2.45, 2.75) is 29.3 Å². The molecule has 1 atom stereocenters. The molecule has 1 unspecified atom stereocenters. The number of alkyl halides is 3. The van der Waals surface area contributed by atoms with Gasteiger partial charge in [-0.25, -0.2) is 9.37 Å². The van der Waals surface area contributed by atoms with E-state index in [-0.39, 0.29) is 21.8 Å². The number of halogens is 4. The first-order valence-corrected chi connectivity index (χ1v) is 10.3. The molecule has 1 amide bonds. The van der Waals surface area contributed by atoms with Gasteiger partial charge in [-0.15, -0.1) is 23.1 Å². The van der Waals surface area contributed by atoms with Crippen LogP contribution >= 0.6 is 23.1 Å². The van der Waals surface area contributed by atoms with Crippen molar-refractivity contribution >= 4 is 50.9 Å². The third-order valence-corrected chi connectivity index (χ3v) is 6.77. The van der Waals surface area contributed by atoms with Crippen LogP contribution in [0.15, 0.2) is 41.3 Å². The predicted octanol–water partition coefficient (Wildman–Crippen LogP) is 4.94. The lowest BCUT2D eigenvalue weighted by atomic mass is 10.2. The Bertz CT molecular complexity index is 1160. The Labute approximate surface area is 175 Å². The third kappa shape index (κ3) is 3.86. The topological polar surface area (TPSA) is 70.5 Å². The summed E-state index contributed by atoms with van der Waals surface area (Å²) in [7, 11) is 0. The fourth-order valence-electron chi connectivity index (χ4n) is 3.18. The van der Waals surface area contributed by atoms with Gasteiger partial charge in [0.15, 0.2) is 0 Å². The average molecular weight is 456 g/mol. The highest BCUT2D eigenvalue weighted by Crippen LogP contribution is 2.42. The van der Waals surface area contributed by atoms with Gasteiger partial charge in [0, 0.05) is 11.0 Å². The van der Waals surface area contributed by atoms with Crippen molar-refractivity contribution in [2.24, 2.45) is 0 Å². The molecular weight excluding hydrogens is 444 g/mol. The average Bonchev–Trinajstić information content (AvgIpc) is 3.05. The third-order valence-electron chi connectivity index (χ3n) is 4.42. The predicted molar refractivity (Wildman–Crippen MR) is 104 cm³/mol. The van der Waals surface area contributed by atoms with Gasteiger partial charge in [-0.05, 0) is 18.2 Å². The van der Waals surface area contributed by atoms with Gasteiger partial charge < -0.3 is 10.0 Å². The number of carbonyl (C=O) groups excluding carboxylic acids is 1. The second-order valence-electron chi connectivity index (χ2n) is 6.50. The number of carboxylic acids is 1. The zero-order valence-electron chi connectivity index (χ0n) is 14.9. The van der Waals surface area contributed by atoms with Crippen LogP contribution in [0.4, 0.5) is 23.2 Å². The minimum absolute atomic E-state index is 0.142. The fourth-order valence-corrected chi connectivity index (χ4v) is 5.47. The SMILES string of the molecule is O=C(O)CC1Sc2ccccc2N(Cc2nc3cc(F)cc(C(F)(F)F)c3s2)C1=O. The number of hydrogen-bond acceptors (Lipinski definition) is 5. The van der Waals surface area contributed by atoms with Gasteiger partial charge >= 0.3 is 12.1 Å². The number of rotatable bonds is 4. The molecule has 0 aliphatic carbocycles. The molecule has 3 aromatic rings. The van der Waals surface area contributed by atoms with Crippen molar-refractivity contribution in [1.82, 2.24) is 4.98 Å². The molecule has 1 aromatic heterocycles. The summed E-state index contributed by atoms with van der Waals surface area (Å²) in [5.41, 5.74) is -0.738. The van der Waals surface area contributed by atoms with Crippen LogP contribution in [0, 0.1) is 5.82 Å². The van der Waals surface area contributed by atoms with Crippen LogP contribution in [-0.2, 0) is 22.3 Å². The summed E-state index contributed by atoms with van der Waals surface area (Å²) in [5, 5.41) is 8.42. The van der Waals surface area contributed by atoms with Gasteiger partial charge in [0.25, 0.3) is 0 Å². The second kappa shape index (κ2) is 7.55. The van der Waals surface area contributed by atoms with Gasteiger partial charge in [0.1, 0.15) is 10.8 Å². The van der Waals surface area contributed by atoms with E-state index in [2.05, 4.69) is 4.98 Å². The number of carbonyl (C=O) groups is 2. The zero-order valence-corrected chi connectivity index (χ0v) is 16.6. The molecule has 11 heteroatoms. The molecule has 0 saturated heterocycles. The Kier molecular flexibility index (Phi) is 5.18. The van der Waals surface area contributed by atoms with Crippen LogP contribution < -0.4 is 4.90 Å². The van der Waals surface area contributed by atoms with Gasteiger partial charge in [-0.2, -0.15) is 13.2 Å². The van der Waals surface area contributed by atoms with Crippen molar-refractivity contribution in [3.63, 3.8) is 0 Å². The lowest BCUT2D eigenvalue weighted by molar-refractivity contribution is -0.138. The molecule has 2 aromatic carbocycles. The van der Waals surface area contributed by atoms with E-state index in [0.717, 1.165) is 29.2 Å². The molecule has 1 N–H and O–H groups in total. The minimum Gasteiger partial charge on any atom is -0.481 e. The van der Waals surface area contributed by atoms with Crippen molar-refractivity contribution in [1.29, 1.82) is 0 Å². The first-order chi connectivity index (χ1) is 14.1. The molecule has 1 aliphatic rings. The minimum atomic E-state index is -4.75. The van der Waals surface area contributed by atoms with E-state index >= 15 is 0 Å². The molecule has 156 valence electrons. The molecule has 5 nitrogen and oxygen atoms in total. The zero-order chi connectivity index (χ0) is 21.6. The summed E-state index contributed by atoms with van der Waals surface area (Å²) in [4.78, 5) is 30.1. The van der Waals surface area contributed by atoms with E-state index in [9.17, 15) is 27.2 Å². The number of thiazole rings is 1. The van der Waals surface area contributed by atoms with Crippen LogP contribution in [-0.4, -0.2) is 27.2 Å². The quantitative estimate of drug-likeness (QED) is 0.564. The lowest BCUT2D eigenvalue weighted by Crippen LogP contribution is -2.41. The molecule has 4 rings (SSSR count). The van der Waals surface area contributed by atoms with Crippen LogP contribution in [0.1, 0.15) is 17.0 Å². The van der Waals surface area contributed by atoms with Crippen LogP contribution in [0.25, 0.3) is 10.2 Å². The molecule has 0 spiro atoms. The van der Waals surface area contributed by atoms with Gasteiger partial charge in [0.2, 0.25) is 5.91 Å². The number of thioether (sulfide) groups is 1. The summed E-state index contributed by atoms with van der Waals surface area (Å²) in [6.07, 6.45) is -5.14. The number of fused-ring (bicyclic) bond motifs is 2. The molecule has 0 bridgehead atoms. The van der Waals surface area contributed by atoms with E-state index in [4.69, 9.17) is 5.11 Å². The van der Waals surface area contributed by atoms with Crippen molar-refractivity contribution < 1.29 is 32.3 Å². The van der Waals surface area contributed by atoms with Crippen LogP contribution in [0.2, 0.25) is 0 Å². The smallest absolute Gasteiger partial charge is 0.417 e.